The number of amides is 3. The van der Waals surface area contributed by atoms with Crippen LogP contribution in [0.1, 0.15) is 108 Å². The van der Waals surface area contributed by atoms with Gasteiger partial charge in [-0.2, -0.15) is 0 Å². The number of hydrazone groups is 1. The minimum absolute atomic E-state index is 0.0200. The quantitative estimate of drug-likeness (QED) is 0.0628. The Kier molecular flexibility index (Phi) is 15.8. The van der Waals surface area contributed by atoms with Crippen molar-refractivity contribution >= 4 is 52.9 Å². The molecule has 1 aliphatic carbocycles. The van der Waals surface area contributed by atoms with Crippen LogP contribution in [0.4, 0.5) is 5.82 Å². The molecule has 1 spiro atoms. The van der Waals surface area contributed by atoms with Gasteiger partial charge in [-0.05, 0) is 123 Å². The fourth-order valence-electron chi connectivity index (χ4n) is 11.6. The van der Waals surface area contributed by atoms with Crippen molar-refractivity contribution in [2.75, 3.05) is 39.6 Å². The van der Waals surface area contributed by atoms with Crippen molar-refractivity contribution in [1.82, 2.24) is 28.9 Å². The summed E-state index contributed by atoms with van der Waals surface area (Å²) in [6.07, 6.45) is 8.28. The van der Waals surface area contributed by atoms with Crippen molar-refractivity contribution in [2.45, 2.75) is 119 Å². The predicted molar refractivity (Wildman–Crippen MR) is 293 cm³/mol. The van der Waals surface area contributed by atoms with E-state index < -0.39 is 40.7 Å². The molecule has 0 radical (unpaired) electrons. The first-order valence-electron chi connectivity index (χ1n) is 26.7. The maximum absolute atomic E-state index is 15.5. The first kappa shape index (κ1) is 54.4. The Morgan fingerprint density at radius 1 is 1.01 bits per heavy atom. The summed E-state index contributed by atoms with van der Waals surface area (Å²) < 4.78 is 11.6. The number of imidazole rings is 1. The number of hydrogen-bond acceptors (Lipinski definition) is 9. The third-order valence-electron chi connectivity index (χ3n) is 15.8. The summed E-state index contributed by atoms with van der Waals surface area (Å²) in [7, 11) is 7.34. The smallest absolute Gasteiger partial charge is 0.378 e. The lowest BCUT2D eigenvalue weighted by Gasteiger charge is -2.33. The molecule has 1 saturated heterocycles. The zero-order chi connectivity index (χ0) is 54.3. The Morgan fingerprint density at radius 2 is 1.76 bits per heavy atom. The molecule has 15 heteroatoms. The molecule has 6 bridgehead atoms. The van der Waals surface area contributed by atoms with Crippen LogP contribution in [0.3, 0.4) is 0 Å². The lowest BCUT2D eigenvalue weighted by Crippen LogP contribution is -2.55. The number of hydrazine groups is 1. The van der Waals surface area contributed by atoms with Crippen LogP contribution >= 0.6 is 0 Å². The number of aryl methyl sites for hydroxylation is 1. The van der Waals surface area contributed by atoms with Gasteiger partial charge in [0.25, 0.3) is 17.9 Å². The van der Waals surface area contributed by atoms with Crippen LogP contribution in [0, 0.1) is 28.6 Å². The highest BCUT2D eigenvalue weighted by Crippen LogP contribution is 2.58. The van der Waals surface area contributed by atoms with Gasteiger partial charge in [0.05, 0.1) is 36.5 Å². The molecule has 2 aliphatic heterocycles. The Morgan fingerprint density at radius 3 is 2.47 bits per heavy atom. The molecule has 3 aromatic carbocycles. The summed E-state index contributed by atoms with van der Waals surface area (Å²) in [6, 6.07) is 18.5. The van der Waals surface area contributed by atoms with Crippen LogP contribution < -0.4 is 5.32 Å². The summed E-state index contributed by atoms with van der Waals surface area (Å²) in [5, 5.41) is 16.9. The largest absolute Gasteiger partial charge is 0.508 e. The number of Topliss-reactive ketones (excluding diaryl/α,β-unsaturated/α-hetero) is 1. The highest BCUT2D eigenvalue weighted by atomic mass is 16.5. The number of rotatable bonds is 14. The SMILES string of the molecule is C=[N+]1[C@H]2CCCN1C(=O)[C@@]1(Cc3cc(O)cc(c3)-c3ccc4c(c3)c(c(-c3ccccc3CN(C)C)n4CC)CC(C)(C)COC2=O)CC1C(=O)[C@H](C(C)C)N(C)C(=O)c1ncc(NC(=O)/C=C/C[C@@H](C)CC)n1C. The first-order chi connectivity index (χ1) is 35.6. The van der Waals surface area contributed by atoms with E-state index in [1.54, 1.807) is 26.2 Å². The number of aromatic nitrogens is 3. The molecule has 398 valence electrons. The number of phenols is 1. The summed E-state index contributed by atoms with van der Waals surface area (Å²) >= 11 is 0. The summed E-state index contributed by atoms with van der Waals surface area (Å²) in [4.78, 5) is 80.2. The number of allylic oxidation sites excluding steroid dienone is 1. The Labute approximate surface area is 442 Å². The fourth-order valence-corrected chi connectivity index (χ4v) is 11.6. The number of likely N-dealkylation sites (N-methyl/N-ethyl adjacent to an activating group) is 1. The van der Waals surface area contributed by atoms with Crippen LogP contribution in [0.5, 0.6) is 5.75 Å². The van der Waals surface area contributed by atoms with Gasteiger partial charge in [-0.3, -0.25) is 19.2 Å². The molecule has 4 heterocycles. The molecule has 8 rings (SSSR count). The maximum atomic E-state index is 15.5. The van der Waals surface area contributed by atoms with Gasteiger partial charge in [-0.25, -0.2) is 9.78 Å². The zero-order valence-corrected chi connectivity index (χ0v) is 45.9. The van der Waals surface area contributed by atoms with E-state index in [4.69, 9.17) is 4.74 Å². The number of phenolic OH excluding ortho intramolecular Hbond substituents is 1. The van der Waals surface area contributed by atoms with Gasteiger partial charge in [-0.15, -0.1) is 9.69 Å². The van der Waals surface area contributed by atoms with Crippen LogP contribution in [-0.2, 0) is 56.9 Å². The molecule has 15 nitrogen and oxygen atoms in total. The molecule has 3 amide bonds. The number of nitrogens with one attached hydrogen (secondary N) is 1. The van der Waals surface area contributed by atoms with E-state index in [0.717, 1.165) is 58.2 Å². The Hall–Kier alpha value is -6.87. The molecule has 1 unspecified atom stereocenters. The van der Waals surface area contributed by atoms with Crippen LogP contribution in [0.2, 0.25) is 0 Å². The second-order valence-electron chi connectivity index (χ2n) is 22.8. The minimum Gasteiger partial charge on any atom is -0.508 e. The Balaban J connectivity index is 1.19. The number of fused-ring (bicyclic) bond motifs is 6. The summed E-state index contributed by atoms with van der Waals surface area (Å²) in [6.45, 7) is 20.5. The standard InChI is InChI=1S/C60H76N8O7/c1-13-38(5)19-17-23-51(70)62-50-34-61-55(64(50)10)56(72)65(11)52(37(3)4)54(71)47-33-60(47)31-39-27-42(29-43(69)28-39)40-24-25-48-45(30-40)46(53(67(48)14-2)44-21-16-15-20-41(44)35-63(8)9)32-59(6,7)36-75-57(73)49-22-18-26-68(58(60)74)66(49)12/h15-17,20-21,23-25,27-30,34,37-38,47,49,52H,12-14,18-19,22,26,31-33,35-36H2,1-11H3,(H-,62,69,70,72)/p+1/b23-17+/t38-,47?,49-,52-,60-/m0/s1. The number of ether oxygens (including phenoxy) is 1. The van der Waals surface area contributed by atoms with Gasteiger partial charge in [0.15, 0.2) is 12.5 Å². The number of aromatic hydroxyl groups is 1. The molecule has 3 aliphatic rings. The molecule has 2 fully saturated rings. The van der Waals surface area contributed by atoms with Crippen molar-refractivity contribution in [2.24, 2.45) is 35.6 Å². The number of anilines is 1. The van der Waals surface area contributed by atoms with E-state index in [1.165, 1.54) is 37.0 Å². The van der Waals surface area contributed by atoms with E-state index in [2.05, 4.69) is 118 Å². The molecular formula is C60H77N8O7+. The maximum Gasteiger partial charge on any atom is 0.378 e. The number of hydrogen-bond donors (Lipinski definition) is 2. The monoisotopic (exact) mass is 1020 g/mol. The Bertz CT molecular complexity index is 3070. The number of carbonyl (C=O) groups excluding carboxylic acids is 5. The summed E-state index contributed by atoms with van der Waals surface area (Å²) in [5.74, 6) is -2.36. The van der Waals surface area contributed by atoms with E-state index in [0.29, 0.717) is 43.1 Å². The highest BCUT2D eigenvalue weighted by Gasteiger charge is 2.67. The van der Waals surface area contributed by atoms with Crippen LogP contribution in [-0.4, -0.2) is 121 Å². The van der Waals surface area contributed by atoms with Gasteiger partial charge in [0.2, 0.25) is 11.7 Å². The minimum atomic E-state index is -1.30. The third kappa shape index (κ3) is 11.0. The van der Waals surface area contributed by atoms with Gasteiger partial charge < -0.3 is 34.1 Å². The van der Waals surface area contributed by atoms with E-state index in [1.807, 2.05) is 26.0 Å². The molecule has 75 heavy (non-hydrogen) atoms. The zero-order valence-electron chi connectivity index (χ0n) is 45.9. The van der Waals surface area contributed by atoms with Gasteiger partial charge in [-0.1, -0.05) is 90.4 Å². The molecule has 5 aromatic rings. The van der Waals surface area contributed by atoms with E-state index >= 15 is 9.59 Å². The summed E-state index contributed by atoms with van der Waals surface area (Å²) in [5.41, 5.74) is 6.09. The molecule has 2 aromatic heterocycles. The number of benzene rings is 3. The molecule has 5 atom stereocenters. The van der Waals surface area contributed by atoms with Crippen LogP contribution in [0.25, 0.3) is 33.3 Å². The molecule has 1 saturated carbocycles. The normalized spacial score (nSPS) is 20.7. The number of carbonyl (C=O) groups is 5. The van der Waals surface area contributed by atoms with Gasteiger partial charge >= 0.3 is 5.97 Å². The average Bonchev–Trinajstić information content (AvgIpc) is 3.87. The predicted octanol–water partition coefficient (Wildman–Crippen LogP) is 9.09. The van der Waals surface area contributed by atoms with E-state index in [9.17, 15) is 19.5 Å². The molecular weight excluding hydrogens is 945 g/mol. The lowest BCUT2D eigenvalue weighted by molar-refractivity contribution is -0.693. The molecule has 2 N–H and O–H groups in total. The number of ketones is 1. The van der Waals surface area contributed by atoms with E-state index in [-0.39, 0.29) is 61.1 Å². The number of nitrogens with zero attached hydrogens (tertiary/aromatic N) is 7. The lowest BCUT2D eigenvalue weighted by atomic mass is 9.83. The van der Waals surface area contributed by atoms with Crippen molar-refractivity contribution in [3.63, 3.8) is 0 Å². The van der Waals surface area contributed by atoms with Crippen molar-refractivity contribution in [1.29, 1.82) is 0 Å². The number of esters is 1. The van der Waals surface area contributed by atoms with Gasteiger partial charge in [0.1, 0.15) is 11.6 Å². The highest BCUT2D eigenvalue weighted by molar-refractivity contribution is 6.03. The van der Waals surface area contributed by atoms with Crippen molar-refractivity contribution < 1.29 is 38.5 Å². The second kappa shape index (κ2) is 21.8. The first-order valence-corrected chi connectivity index (χ1v) is 26.7. The fraction of sp³-hybridized carbons (Fsp3) is 0.483. The van der Waals surface area contributed by atoms with Crippen molar-refractivity contribution in [3.8, 4) is 28.1 Å². The second-order valence-corrected chi connectivity index (χ2v) is 22.8. The average molecular weight is 1020 g/mol. The van der Waals surface area contributed by atoms with Crippen molar-refractivity contribution in [3.05, 3.63) is 102 Å². The van der Waals surface area contributed by atoms with Crippen LogP contribution in [0.15, 0.2) is 79.0 Å². The number of cyclic esters (lactones) is 1. The van der Waals surface area contributed by atoms with Gasteiger partial charge in [0, 0.05) is 61.4 Å². The third-order valence-corrected chi connectivity index (χ3v) is 15.8. The topological polar surface area (TPSA) is 162 Å².